The molecular formula is C24H31ClN8O3. The lowest BCUT2D eigenvalue weighted by Crippen LogP contribution is -2.35. The molecule has 3 aromatic heterocycles. The van der Waals surface area contributed by atoms with Crippen LogP contribution in [0.1, 0.15) is 52.3 Å². The van der Waals surface area contributed by atoms with Crippen LogP contribution in [0.4, 0.5) is 10.7 Å². The predicted octanol–water partition coefficient (Wildman–Crippen LogP) is 3.59. The van der Waals surface area contributed by atoms with Crippen LogP contribution in [-0.4, -0.2) is 48.9 Å². The van der Waals surface area contributed by atoms with Gasteiger partial charge in [-0.2, -0.15) is 5.10 Å². The summed E-state index contributed by atoms with van der Waals surface area (Å²) in [7, 11) is 0. The standard InChI is InChI=1S/C24H31ClN8O3/c1-23(2,3)36-22(35)27-10-8-19(34)28-11-16-12-31-33(15-16)17-13-29-21(30-14-17)32-24(4,5)20-18(25)7-6-9-26-20/h6-7,9,12-15H,8,10-11H2,1-5H3,(H,27,35)(H,28,34)(H,29,30,32). The molecule has 0 radical (unpaired) electrons. The maximum atomic E-state index is 12.1. The van der Waals surface area contributed by atoms with Crippen molar-refractivity contribution in [2.24, 2.45) is 0 Å². The molecule has 0 saturated heterocycles. The molecule has 0 atom stereocenters. The Kier molecular flexibility index (Phi) is 8.46. The van der Waals surface area contributed by atoms with Gasteiger partial charge in [0.05, 0.1) is 34.8 Å². The van der Waals surface area contributed by atoms with E-state index in [0.29, 0.717) is 28.9 Å². The third-order valence-electron chi connectivity index (χ3n) is 4.82. The largest absolute Gasteiger partial charge is 0.444 e. The van der Waals surface area contributed by atoms with Gasteiger partial charge in [0.1, 0.15) is 11.3 Å². The van der Waals surface area contributed by atoms with Crippen molar-refractivity contribution >= 4 is 29.5 Å². The minimum atomic E-state index is -0.584. The summed E-state index contributed by atoms with van der Waals surface area (Å²) in [5.41, 5.74) is 0.988. The highest BCUT2D eigenvalue weighted by Gasteiger charge is 2.25. The number of hydrogen-bond donors (Lipinski definition) is 3. The summed E-state index contributed by atoms with van der Waals surface area (Å²) in [5, 5.41) is 13.5. The summed E-state index contributed by atoms with van der Waals surface area (Å²) in [6.07, 6.45) is 7.99. The van der Waals surface area contributed by atoms with Gasteiger partial charge in [0.2, 0.25) is 11.9 Å². The number of hydrogen-bond acceptors (Lipinski definition) is 8. The van der Waals surface area contributed by atoms with E-state index in [4.69, 9.17) is 16.3 Å². The van der Waals surface area contributed by atoms with Gasteiger partial charge in [-0.3, -0.25) is 9.78 Å². The molecule has 3 rings (SSSR count). The average molecular weight is 515 g/mol. The normalized spacial score (nSPS) is 11.6. The van der Waals surface area contributed by atoms with E-state index in [9.17, 15) is 9.59 Å². The van der Waals surface area contributed by atoms with Crippen LogP contribution in [0.15, 0.2) is 43.1 Å². The first-order chi connectivity index (χ1) is 16.9. The first kappa shape index (κ1) is 26.9. The monoisotopic (exact) mass is 514 g/mol. The summed E-state index contributed by atoms with van der Waals surface area (Å²) in [6.45, 7) is 9.69. The van der Waals surface area contributed by atoms with Crippen LogP contribution >= 0.6 is 11.6 Å². The minimum Gasteiger partial charge on any atom is -0.444 e. The summed E-state index contributed by atoms with van der Waals surface area (Å²) >= 11 is 6.28. The Balaban J connectivity index is 1.49. The fourth-order valence-electron chi connectivity index (χ4n) is 3.16. The van der Waals surface area contributed by atoms with Crippen LogP contribution < -0.4 is 16.0 Å². The lowest BCUT2D eigenvalue weighted by atomic mass is 10.00. The first-order valence-corrected chi connectivity index (χ1v) is 11.8. The molecule has 3 heterocycles. The molecule has 0 aromatic carbocycles. The van der Waals surface area contributed by atoms with Gasteiger partial charge in [0.25, 0.3) is 0 Å². The van der Waals surface area contributed by atoms with Gasteiger partial charge in [-0.1, -0.05) is 11.6 Å². The Morgan fingerprint density at radius 1 is 1.06 bits per heavy atom. The summed E-state index contributed by atoms with van der Waals surface area (Å²) in [4.78, 5) is 36.8. The fourth-order valence-corrected chi connectivity index (χ4v) is 3.52. The number of rotatable bonds is 9. The number of nitrogens with zero attached hydrogens (tertiary/aromatic N) is 5. The van der Waals surface area contributed by atoms with E-state index in [0.717, 1.165) is 5.56 Å². The molecule has 3 aromatic rings. The lowest BCUT2D eigenvalue weighted by Gasteiger charge is -2.26. The van der Waals surface area contributed by atoms with E-state index in [1.165, 1.54) is 0 Å². The number of carbonyl (C=O) groups is 2. The molecule has 0 bridgehead atoms. The van der Waals surface area contributed by atoms with E-state index in [1.807, 2.05) is 13.8 Å². The number of nitrogens with one attached hydrogen (secondary N) is 3. The average Bonchev–Trinajstić information content (AvgIpc) is 3.26. The van der Waals surface area contributed by atoms with Crippen LogP contribution in [0, 0.1) is 0 Å². The maximum Gasteiger partial charge on any atom is 0.407 e. The Labute approximate surface area is 215 Å². The van der Waals surface area contributed by atoms with E-state index < -0.39 is 17.2 Å². The van der Waals surface area contributed by atoms with Gasteiger partial charge in [-0.15, -0.1) is 0 Å². The highest BCUT2D eigenvalue weighted by Crippen LogP contribution is 2.28. The molecule has 0 unspecified atom stereocenters. The Morgan fingerprint density at radius 2 is 1.78 bits per heavy atom. The molecule has 0 fully saturated rings. The Morgan fingerprint density at radius 3 is 2.44 bits per heavy atom. The molecular weight excluding hydrogens is 484 g/mol. The zero-order valence-electron chi connectivity index (χ0n) is 21.0. The Bertz CT molecular complexity index is 1190. The third kappa shape index (κ3) is 7.91. The number of alkyl carbamates (subject to hydrolysis) is 1. The second-order valence-corrected chi connectivity index (χ2v) is 10.0. The molecule has 11 nitrogen and oxygen atoms in total. The summed E-state index contributed by atoms with van der Waals surface area (Å²) in [6, 6.07) is 3.57. The Hall–Kier alpha value is -3.73. The smallest absolute Gasteiger partial charge is 0.407 e. The molecule has 3 N–H and O–H groups in total. The second kappa shape index (κ2) is 11.3. The molecule has 2 amide bonds. The predicted molar refractivity (Wildman–Crippen MR) is 136 cm³/mol. The van der Waals surface area contributed by atoms with Crippen LogP contribution in [0.5, 0.6) is 0 Å². The molecule has 192 valence electrons. The van der Waals surface area contributed by atoms with E-state index in [2.05, 4.69) is 36.0 Å². The quantitative estimate of drug-likeness (QED) is 0.394. The number of anilines is 1. The number of aromatic nitrogens is 5. The summed E-state index contributed by atoms with van der Waals surface area (Å²) in [5.74, 6) is 0.221. The van der Waals surface area contributed by atoms with Crippen molar-refractivity contribution in [1.82, 2.24) is 35.4 Å². The third-order valence-corrected chi connectivity index (χ3v) is 5.13. The lowest BCUT2D eigenvalue weighted by molar-refractivity contribution is -0.121. The topological polar surface area (TPSA) is 136 Å². The van der Waals surface area contributed by atoms with Gasteiger partial charge in [0, 0.05) is 37.5 Å². The number of pyridine rings is 1. The first-order valence-electron chi connectivity index (χ1n) is 11.4. The molecule has 0 aliphatic heterocycles. The van der Waals surface area contributed by atoms with Crippen molar-refractivity contribution in [1.29, 1.82) is 0 Å². The van der Waals surface area contributed by atoms with E-state index >= 15 is 0 Å². The molecule has 0 saturated carbocycles. The van der Waals surface area contributed by atoms with Crippen molar-refractivity contribution in [2.75, 3.05) is 11.9 Å². The van der Waals surface area contributed by atoms with Gasteiger partial charge in [0.15, 0.2) is 0 Å². The van der Waals surface area contributed by atoms with Crippen molar-refractivity contribution in [3.8, 4) is 5.69 Å². The minimum absolute atomic E-state index is 0.135. The zero-order valence-corrected chi connectivity index (χ0v) is 21.8. The molecule has 0 aliphatic rings. The van der Waals surface area contributed by atoms with E-state index in [-0.39, 0.29) is 18.9 Å². The zero-order chi connectivity index (χ0) is 26.3. The molecule has 36 heavy (non-hydrogen) atoms. The van der Waals surface area contributed by atoms with Gasteiger partial charge < -0.3 is 20.7 Å². The van der Waals surface area contributed by atoms with Crippen LogP contribution in [0.3, 0.4) is 0 Å². The van der Waals surface area contributed by atoms with Gasteiger partial charge in [-0.05, 0) is 46.8 Å². The van der Waals surface area contributed by atoms with Gasteiger partial charge in [-0.25, -0.2) is 19.4 Å². The summed E-state index contributed by atoms with van der Waals surface area (Å²) < 4.78 is 6.76. The SMILES string of the molecule is CC(C)(C)OC(=O)NCCC(=O)NCc1cnn(-c2cnc(NC(C)(C)c3ncccc3Cl)nc2)c1. The number of ether oxygens (including phenoxy) is 1. The number of halogens is 1. The van der Waals surface area contributed by atoms with Crippen LogP contribution in [0.2, 0.25) is 5.02 Å². The maximum absolute atomic E-state index is 12.1. The molecule has 12 heteroatoms. The van der Waals surface area contributed by atoms with Crippen molar-refractivity contribution in [2.45, 2.75) is 58.7 Å². The fraction of sp³-hybridized carbons (Fsp3) is 0.417. The van der Waals surface area contributed by atoms with Crippen LogP contribution in [0.25, 0.3) is 5.69 Å². The van der Waals surface area contributed by atoms with E-state index in [1.54, 1.807) is 68.6 Å². The van der Waals surface area contributed by atoms with Crippen molar-refractivity contribution in [3.63, 3.8) is 0 Å². The number of carbonyl (C=O) groups excluding carboxylic acids is 2. The highest BCUT2D eigenvalue weighted by molar-refractivity contribution is 6.31. The van der Waals surface area contributed by atoms with Gasteiger partial charge >= 0.3 is 6.09 Å². The number of amides is 2. The van der Waals surface area contributed by atoms with Crippen LogP contribution in [-0.2, 0) is 21.6 Å². The molecule has 0 aliphatic carbocycles. The van der Waals surface area contributed by atoms with Crippen molar-refractivity contribution in [3.05, 3.63) is 59.4 Å². The molecule has 0 spiro atoms. The highest BCUT2D eigenvalue weighted by atomic mass is 35.5. The second-order valence-electron chi connectivity index (χ2n) is 9.60. The van der Waals surface area contributed by atoms with Crippen molar-refractivity contribution < 1.29 is 14.3 Å².